The molecule has 0 atom stereocenters. The van der Waals surface area contributed by atoms with Gasteiger partial charge in [0, 0.05) is 5.48 Å². The van der Waals surface area contributed by atoms with E-state index in [0.717, 1.165) is 0 Å². The smallest absolute Gasteiger partial charge is 0.0366 e. The van der Waals surface area contributed by atoms with Gasteiger partial charge in [-0.15, -0.1) is 0 Å². The molecule has 0 aromatic heterocycles. The molecule has 0 saturated carbocycles. The van der Waals surface area contributed by atoms with Crippen molar-refractivity contribution in [3.05, 3.63) is 70.8 Å². The molecular weight excluding hydrogens is 168 g/mol. The van der Waals surface area contributed by atoms with Gasteiger partial charge in [-0.2, -0.15) is 0 Å². The Hall–Kier alpha value is -1.56. The molecule has 1 aliphatic rings. The van der Waals surface area contributed by atoms with Crippen molar-refractivity contribution in [2.45, 2.75) is 12.7 Å². The largest absolute Gasteiger partial charge is 0.0620 e. The second kappa shape index (κ2) is 2.98. The third-order valence-electron chi connectivity index (χ3n) is 2.39. The van der Waals surface area contributed by atoms with Gasteiger partial charge in [-0.1, -0.05) is 48.5 Å². The van der Waals surface area contributed by atoms with Crippen molar-refractivity contribution in [2.24, 2.45) is 0 Å². The molecule has 0 aliphatic heterocycles. The fraction of sp³-hybridized carbons (Fsp3) is 0.143. The highest BCUT2D eigenvalue weighted by Gasteiger charge is 2.12. The molecule has 2 aromatic carbocycles. The molecule has 68 valence electrons. The van der Waals surface area contributed by atoms with Gasteiger partial charge in [0.15, 0.2) is 0 Å². The molecule has 0 saturated heterocycles. The summed E-state index contributed by atoms with van der Waals surface area (Å²) in [5, 5.41) is 0. The van der Waals surface area contributed by atoms with Gasteiger partial charge in [0.1, 0.15) is 0 Å². The van der Waals surface area contributed by atoms with Crippen LogP contribution < -0.4 is 0 Å². The van der Waals surface area contributed by atoms with Crippen LogP contribution >= 0.6 is 0 Å². The zero-order chi connectivity index (χ0) is 13.0. The van der Waals surface area contributed by atoms with E-state index in [1.165, 1.54) is 0 Å². The van der Waals surface area contributed by atoms with Crippen LogP contribution in [-0.4, -0.2) is 0 Å². The number of benzene rings is 2. The van der Waals surface area contributed by atoms with Crippen LogP contribution in [0.3, 0.4) is 0 Å². The Kier molecular flexibility index (Phi) is 1.02. The summed E-state index contributed by atoms with van der Waals surface area (Å²) in [5.74, 6) is 0. The van der Waals surface area contributed by atoms with E-state index in [2.05, 4.69) is 0 Å². The first-order valence-electron chi connectivity index (χ1n) is 6.65. The lowest BCUT2D eigenvalue weighted by molar-refractivity contribution is 1.00. The van der Waals surface area contributed by atoms with Gasteiger partial charge in [0.05, 0.1) is 0 Å². The Morgan fingerprint density at radius 1 is 0.643 bits per heavy atom. The lowest BCUT2D eigenvalue weighted by atomic mass is 9.86. The average molecular weight is 184 g/mol. The van der Waals surface area contributed by atoms with Crippen LogP contribution in [0.1, 0.15) is 27.7 Å². The van der Waals surface area contributed by atoms with Gasteiger partial charge in [0.25, 0.3) is 0 Å². The topological polar surface area (TPSA) is 0 Å². The summed E-state index contributed by atoms with van der Waals surface area (Å²) in [6.07, 6.45) is -3.28. The zero-order valence-corrected chi connectivity index (χ0v) is 7.62. The highest BCUT2D eigenvalue weighted by molar-refractivity contribution is 5.44. The van der Waals surface area contributed by atoms with Crippen molar-refractivity contribution < 1.29 is 5.48 Å². The second-order valence-electron chi connectivity index (χ2n) is 3.34. The minimum Gasteiger partial charge on any atom is -0.0620 e. The predicted octanol–water partition coefficient (Wildman–Crippen LogP) is 3.18. The summed E-state index contributed by atoms with van der Waals surface area (Å²) in [7, 11) is 0. The summed E-state index contributed by atoms with van der Waals surface area (Å²) in [6, 6.07) is 13.7. The zero-order valence-electron chi connectivity index (χ0n) is 11.6. The molecule has 0 fully saturated rings. The molecule has 0 heteroatoms. The van der Waals surface area contributed by atoms with Gasteiger partial charge in [-0.3, -0.25) is 0 Å². The van der Waals surface area contributed by atoms with E-state index in [1.54, 1.807) is 48.5 Å². The molecule has 0 N–H and O–H groups in total. The highest BCUT2D eigenvalue weighted by Crippen LogP contribution is 2.26. The van der Waals surface area contributed by atoms with Gasteiger partial charge in [-0.25, -0.2) is 0 Å². The van der Waals surface area contributed by atoms with Crippen LogP contribution in [0.5, 0.6) is 0 Å². The maximum atomic E-state index is 8.27. The first-order valence-corrected chi connectivity index (χ1v) is 4.65. The van der Waals surface area contributed by atoms with Crippen LogP contribution in [0, 0.1) is 0 Å². The monoisotopic (exact) mass is 184 g/mol. The Balaban J connectivity index is 2.41. The van der Waals surface area contributed by atoms with E-state index in [9.17, 15) is 0 Å². The van der Waals surface area contributed by atoms with Crippen LogP contribution in [0.2, 0.25) is 0 Å². The molecule has 3 rings (SSSR count). The fourth-order valence-electron chi connectivity index (χ4n) is 1.69. The molecule has 0 nitrogen and oxygen atoms in total. The van der Waals surface area contributed by atoms with Gasteiger partial charge < -0.3 is 0 Å². The summed E-state index contributed by atoms with van der Waals surface area (Å²) in [4.78, 5) is 0. The normalized spacial score (nSPS) is 24.6. The van der Waals surface area contributed by atoms with Crippen LogP contribution in [0.25, 0.3) is 0 Å². The molecule has 0 radical (unpaired) electrons. The molecule has 0 unspecified atom stereocenters. The van der Waals surface area contributed by atoms with Crippen LogP contribution in [-0.2, 0) is 12.7 Å². The van der Waals surface area contributed by atoms with Crippen molar-refractivity contribution in [1.29, 1.82) is 0 Å². The van der Waals surface area contributed by atoms with Crippen molar-refractivity contribution in [3.63, 3.8) is 0 Å². The Bertz CT molecular complexity index is 511. The lowest BCUT2D eigenvalue weighted by Gasteiger charge is -2.18. The molecule has 0 bridgehead atoms. The van der Waals surface area contributed by atoms with Crippen LogP contribution in [0.15, 0.2) is 48.5 Å². The SMILES string of the molecule is [2H]C1([2H])c2ccccc2C([2H])([2H])c2ccccc21. The number of fused-ring (bicyclic) bond motifs is 2. The first-order chi connectivity index (χ1) is 8.45. The number of hydrogen-bond acceptors (Lipinski definition) is 0. The third kappa shape index (κ3) is 1.15. The van der Waals surface area contributed by atoms with Gasteiger partial charge in [0.2, 0.25) is 0 Å². The summed E-state index contributed by atoms with van der Waals surface area (Å²) in [5.41, 5.74) is 1.70. The van der Waals surface area contributed by atoms with Gasteiger partial charge in [-0.05, 0) is 35.0 Å². The molecule has 0 spiro atoms. The number of hydrogen-bond donors (Lipinski definition) is 0. The molecular formula is C14H12. The Labute approximate surface area is 89.8 Å². The Morgan fingerprint density at radius 3 is 1.21 bits per heavy atom. The minimum absolute atomic E-state index is 0.425. The molecule has 0 amide bonds. The molecule has 2 aromatic rings. The van der Waals surface area contributed by atoms with Crippen molar-refractivity contribution in [2.75, 3.05) is 0 Å². The van der Waals surface area contributed by atoms with E-state index < -0.39 is 12.7 Å². The summed E-state index contributed by atoms with van der Waals surface area (Å²) >= 11 is 0. The Morgan fingerprint density at radius 2 is 0.929 bits per heavy atom. The summed E-state index contributed by atoms with van der Waals surface area (Å²) < 4.78 is 33.1. The van der Waals surface area contributed by atoms with E-state index in [-0.39, 0.29) is 0 Å². The minimum atomic E-state index is -1.64. The van der Waals surface area contributed by atoms with Gasteiger partial charge >= 0.3 is 0 Å². The third-order valence-corrected chi connectivity index (χ3v) is 2.39. The van der Waals surface area contributed by atoms with E-state index >= 15 is 0 Å². The van der Waals surface area contributed by atoms with Crippen LogP contribution in [0.4, 0.5) is 0 Å². The maximum Gasteiger partial charge on any atom is 0.0366 e. The number of rotatable bonds is 0. The van der Waals surface area contributed by atoms with E-state index in [0.29, 0.717) is 22.3 Å². The standard InChI is InChI=1S/C14H12/c1-2-6-12-10-14-8-4-3-7-13(14)9-11(12)5-1/h1-8H,9-10H2/i9D2,10D2. The van der Waals surface area contributed by atoms with Crippen molar-refractivity contribution in [1.82, 2.24) is 0 Å². The van der Waals surface area contributed by atoms with Crippen molar-refractivity contribution >= 4 is 0 Å². The lowest BCUT2D eigenvalue weighted by Crippen LogP contribution is -2.06. The quantitative estimate of drug-likeness (QED) is 0.590. The predicted molar refractivity (Wildman–Crippen MR) is 58.5 cm³/mol. The molecule has 14 heavy (non-hydrogen) atoms. The summed E-state index contributed by atoms with van der Waals surface area (Å²) in [6.45, 7) is 0. The second-order valence-corrected chi connectivity index (χ2v) is 3.34. The molecule has 0 heterocycles. The average Bonchev–Trinajstić information content (AvgIpc) is 2.37. The fourth-order valence-corrected chi connectivity index (χ4v) is 1.69. The maximum absolute atomic E-state index is 8.27. The highest BCUT2D eigenvalue weighted by atomic mass is 14.2. The van der Waals surface area contributed by atoms with E-state index in [4.69, 9.17) is 5.48 Å². The molecule has 1 aliphatic carbocycles. The first kappa shape index (κ1) is 4.79. The van der Waals surface area contributed by atoms with E-state index in [1.807, 2.05) is 0 Å². The van der Waals surface area contributed by atoms with Crippen molar-refractivity contribution in [3.8, 4) is 0 Å².